The summed E-state index contributed by atoms with van der Waals surface area (Å²) in [7, 11) is 0. The summed E-state index contributed by atoms with van der Waals surface area (Å²) >= 11 is 0. The van der Waals surface area contributed by atoms with Crippen LogP contribution < -0.4 is 10.6 Å². The van der Waals surface area contributed by atoms with Crippen molar-refractivity contribution in [3.8, 4) is 0 Å². The number of urea groups is 1. The second-order valence-corrected chi connectivity index (χ2v) is 2.07. The Balaban J connectivity index is 2.26. The van der Waals surface area contributed by atoms with E-state index in [1.807, 2.05) is 0 Å². The van der Waals surface area contributed by atoms with Crippen LogP contribution in [0.3, 0.4) is 0 Å². The third-order valence-electron chi connectivity index (χ3n) is 1.37. The first-order chi connectivity index (χ1) is 4.86. The predicted octanol–water partition coefficient (Wildman–Crippen LogP) is 0.0531. The van der Waals surface area contributed by atoms with Crippen molar-refractivity contribution < 1.29 is 9.53 Å². The first-order valence-corrected chi connectivity index (χ1v) is 2.96. The van der Waals surface area contributed by atoms with Gasteiger partial charge in [0, 0.05) is 0 Å². The number of ether oxygens (including phenoxy) is 1. The molecule has 4 nitrogen and oxygen atoms in total. The molecule has 1 atom stereocenters. The van der Waals surface area contributed by atoms with E-state index in [1.54, 1.807) is 18.4 Å². The van der Waals surface area contributed by atoms with E-state index in [-0.39, 0.29) is 12.3 Å². The minimum absolute atomic E-state index is 0.208. The van der Waals surface area contributed by atoms with E-state index >= 15 is 0 Å². The molecule has 0 spiro atoms. The number of carbonyl (C=O) groups excluding carboxylic acids is 1. The lowest BCUT2D eigenvalue weighted by Crippen LogP contribution is -2.27. The molecule has 0 saturated carbocycles. The van der Waals surface area contributed by atoms with Gasteiger partial charge in [-0.25, -0.2) is 4.79 Å². The Morgan fingerprint density at radius 2 is 2.50 bits per heavy atom. The Hall–Kier alpha value is -1.45. The number of hydrogen-bond donors (Lipinski definition) is 2. The molecule has 2 aliphatic rings. The zero-order valence-electron chi connectivity index (χ0n) is 5.13. The third kappa shape index (κ3) is 0.655. The van der Waals surface area contributed by atoms with Gasteiger partial charge in [0.05, 0.1) is 12.0 Å². The van der Waals surface area contributed by atoms with Crippen molar-refractivity contribution in [3.63, 3.8) is 0 Å². The summed E-state index contributed by atoms with van der Waals surface area (Å²) in [5.41, 5.74) is 0.771. The Bertz CT molecular complexity index is 232. The highest BCUT2D eigenvalue weighted by Crippen LogP contribution is 2.11. The van der Waals surface area contributed by atoms with Crippen LogP contribution in [0.25, 0.3) is 0 Å². The summed E-state index contributed by atoms with van der Waals surface area (Å²) in [5, 5.41) is 5.15. The van der Waals surface area contributed by atoms with Gasteiger partial charge in [0.25, 0.3) is 0 Å². The molecular formula is C6H6N2O2. The highest BCUT2D eigenvalue weighted by atomic mass is 16.5. The number of hydrogen-bond acceptors (Lipinski definition) is 2. The molecule has 4 heteroatoms. The zero-order chi connectivity index (χ0) is 6.97. The van der Waals surface area contributed by atoms with Gasteiger partial charge in [-0.1, -0.05) is 0 Å². The van der Waals surface area contributed by atoms with Gasteiger partial charge in [0.1, 0.15) is 0 Å². The Morgan fingerprint density at radius 3 is 3.30 bits per heavy atom. The van der Waals surface area contributed by atoms with Gasteiger partial charge >= 0.3 is 6.03 Å². The second kappa shape index (κ2) is 1.76. The number of nitrogens with one attached hydrogen (secondary N) is 2. The van der Waals surface area contributed by atoms with Crippen molar-refractivity contribution in [1.82, 2.24) is 10.6 Å². The largest absolute Gasteiger partial charge is 0.472 e. The van der Waals surface area contributed by atoms with Gasteiger partial charge in [0.15, 0.2) is 0 Å². The summed E-state index contributed by atoms with van der Waals surface area (Å²) in [6.07, 6.45) is 4.78. The van der Waals surface area contributed by atoms with Gasteiger partial charge < -0.3 is 10.1 Å². The lowest BCUT2D eigenvalue weighted by molar-refractivity contribution is 0.159. The summed E-state index contributed by atoms with van der Waals surface area (Å²) in [4.78, 5) is 10.6. The maximum Gasteiger partial charge on any atom is 0.322 e. The van der Waals surface area contributed by atoms with Gasteiger partial charge in [-0.05, 0) is 12.2 Å². The molecule has 2 rings (SSSR count). The number of amides is 2. The normalized spacial score (nSPS) is 27.8. The fourth-order valence-corrected chi connectivity index (χ4v) is 0.933. The fraction of sp³-hybridized carbons (Fsp3) is 0.167. The van der Waals surface area contributed by atoms with E-state index in [2.05, 4.69) is 10.6 Å². The molecule has 0 aromatic carbocycles. The van der Waals surface area contributed by atoms with Gasteiger partial charge in [-0.15, -0.1) is 0 Å². The molecule has 1 unspecified atom stereocenters. The number of allylic oxidation sites excluding steroid dienone is 2. The highest BCUT2D eigenvalue weighted by Gasteiger charge is 2.26. The first kappa shape index (κ1) is 5.34. The molecule has 2 heterocycles. The van der Waals surface area contributed by atoms with Gasteiger partial charge in [-0.2, -0.15) is 0 Å². The summed E-state index contributed by atoms with van der Waals surface area (Å²) in [5.74, 6) is 0. The van der Waals surface area contributed by atoms with Crippen LogP contribution in [0.1, 0.15) is 0 Å². The van der Waals surface area contributed by atoms with Crippen LogP contribution in [0.15, 0.2) is 24.1 Å². The molecular weight excluding hydrogens is 132 g/mol. The van der Waals surface area contributed by atoms with Crippen LogP contribution in [-0.4, -0.2) is 12.3 Å². The van der Waals surface area contributed by atoms with E-state index in [0.717, 1.165) is 5.70 Å². The molecule has 0 aromatic rings. The van der Waals surface area contributed by atoms with Crippen molar-refractivity contribution in [2.45, 2.75) is 6.23 Å². The number of carbonyl (C=O) groups is 1. The van der Waals surface area contributed by atoms with Crippen LogP contribution >= 0.6 is 0 Å². The average molecular weight is 138 g/mol. The Morgan fingerprint density at radius 1 is 1.60 bits per heavy atom. The van der Waals surface area contributed by atoms with E-state index in [1.165, 1.54) is 0 Å². The molecule has 52 valence electrons. The maximum atomic E-state index is 10.6. The quantitative estimate of drug-likeness (QED) is 0.497. The minimum atomic E-state index is -0.294. The first-order valence-electron chi connectivity index (χ1n) is 2.96. The molecule has 10 heavy (non-hydrogen) atoms. The molecule has 1 fully saturated rings. The lowest BCUT2D eigenvalue weighted by Gasteiger charge is -2.11. The SMILES string of the molecule is O=C1NC2=CC=COC2N1. The molecule has 0 bridgehead atoms. The van der Waals surface area contributed by atoms with Crippen molar-refractivity contribution >= 4 is 6.03 Å². The fourth-order valence-electron chi connectivity index (χ4n) is 0.933. The highest BCUT2D eigenvalue weighted by molar-refractivity contribution is 5.80. The average Bonchev–Trinajstić information content (AvgIpc) is 2.27. The van der Waals surface area contributed by atoms with Crippen molar-refractivity contribution in [2.75, 3.05) is 0 Å². The molecule has 0 aromatic heterocycles. The Labute approximate surface area is 57.5 Å². The third-order valence-corrected chi connectivity index (χ3v) is 1.37. The van der Waals surface area contributed by atoms with Crippen LogP contribution in [-0.2, 0) is 4.74 Å². The molecule has 2 amide bonds. The maximum absolute atomic E-state index is 10.6. The summed E-state index contributed by atoms with van der Waals surface area (Å²) in [6.45, 7) is 0. The van der Waals surface area contributed by atoms with Gasteiger partial charge in [0.2, 0.25) is 6.23 Å². The zero-order valence-corrected chi connectivity index (χ0v) is 5.13. The number of rotatable bonds is 0. The minimum Gasteiger partial charge on any atom is -0.472 e. The van der Waals surface area contributed by atoms with Crippen molar-refractivity contribution in [2.24, 2.45) is 0 Å². The van der Waals surface area contributed by atoms with E-state index in [4.69, 9.17) is 4.74 Å². The molecule has 0 aliphatic carbocycles. The molecule has 2 aliphatic heterocycles. The van der Waals surface area contributed by atoms with Crippen LogP contribution in [0, 0.1) is 0 Å². The second-order valence-electron chi connectivity index (χ2n) is 2.07. The standard InChI is InChI=1S/C6H6N2O2/c9-6-7-4-2-1-3-10-5(4)8-6/h1-3,5H,(H2,7,8,9). The van der Waals surface area contributed by atoms with E-state index in [9.17, 15) is 4.79 Å². The monoisotopic (exact) mass is 138 g/mol. The molecule has 0 radical (unpaired) electrons. The molecule has 2 N–H and O–H groups in total. The lowest BCUT2D eigenvalue weighted by atomic mass is 10.3. The van der Waals surface area contributed by atoms with Crippen molar-refractivity contribution in [1.29, 1.82) is 0 Å². The number of fused-ring (bicyclic) bond motifs is 1. The van der Waals surface area contributed by atoms with Crippen molar-refractivity contribution in [3.05, 3.63) is 24.1 Å². The smallest absolute Gasteiger partial charge is 0.322 e. The Kier molecular flexibility index (Phi) is 0.943. The summed E-state index contributed by atoms with van der Waals surface area (Å²) in [6, 6.07) is -0.208. The van der Waals surface area contributed by atoms with Crippen LogP contribution in [0.4, 0.5) is 4.79 Å². The van der Waals surface area contributed by atoms with Gasteiger partial charge in [-0.3, -0.25) is 5.32 Å². The van der Waals surface area contributed by atoms with Crippen LogP contribution in [0.5, 0.6) is 0 Å². The predicted molar refractivity (Wildman–Crippen MR) is 33.8 cm³/mol. The summed E-state index contributed by atoms with van der Waals surface area (Å²) < 4.78 is 5.03. The van der Waals surface area contributed by atoms with E-state index in [0.29, 0.717) is 0 Å². The topological polar surface area (TPSA) is 50.4 Å². The van der Waals surface area contributed by atoms with Crippen LogP contribution in [0.2, 0.25) is 0 Å². The van der Waals surface area contributed by atoms with E-state index < -0.39 is 0 Å². The molecule has 1 saturated heterocycles.